The van der Waals surface area contributed by atoms with Gasteiger partial charge in [0.25, 0.3) is 5.56 Å². The van der Waals surface area contributed by atoms with Crippen LogP contribution in [0.4, 0.5) is 0 Å². The van der Waals surface area contributed by atoms with Crippen molar-refractivity contribution < 1.29 is 0 Å². The van der Waals surface area contributed by atoms with Crippen molar-refractivity contribution in [1.82, 2.24) is 14.8 Å². The molecule has 0 fully saturated rings. The molecule has 0 spiro atoms. The lowest BCUT2D eigenvalue weighted by molar-refractivity contribution is 0.629. The average molecular weight is 306 g/mol. The van der Waals surface area contributed by atoms with E-state index in [0.717, 1.165) is 16.6 Å². The molecule has 4 nitrogen and oxygen atoms in total. The monoisotopic (exact) mass is 305 g/mol. The average Bonchev–Trinajstić information content (AvgIpc) is 2.48. The summed E-state index contributed by atoms with van der Waals surface area (Å²) in [6.07, 6.45) is 1.35. The van der Waals surface area contributed by atoms with Crippen LogP contribution in [0.3, 0.4) is 0 Å². The zero-order valence-electron chi connectivity index (χ0n) is 10.3. The number of pyridine rings is 1. The first-order valence-electron chi connectivity index (χ1n) is 5.91. The van der Waals surface area contributed by atoms with Gasteiger partial charge in [-0.05, 0) is 12.1 Å². The summed E-state index contributed by atoms with van der Waals surface area (Å²) in [4.78, 5) is 16.4. The number of aromatic nitrogens is 3. The third-order valence-corrected chi connectivity index (χ3v) is 3.66. The van der Waals surface area contributed by atoms with Gasteiger partial charge in [0.2, 0.25) is 0 Å². The van der Waals surface area contributed by atoms with Crippen molar-refractivity contribution >= 4 is 34.1 Å². The van der Waals surface area contributed by atoms with E-state index in [-0.39, 0.29) is 16.6 Å². The summed E-state index contributed by atoms with van der Waals surface area (Å²) in [6.45, 7) is 0.251. The highest BCUT2D eigenvalue weighted by molar-refractivity contribution is 6.41. The summed E-state index contributed by atoms with van der Waals surface area (Å²) in [5.74, 6) is 0. The van der Waals surface area contributed by atoms with Gasteiger partial charge in [0.15, 0.2) is 0 Å². The minimum Gasteiger partial charge on any atom is -0.266 e. The van der Waals surface area contributed by atoms with E-state index in [1.165, 1.54) is 10.9 Å². The standard InChI is InChI=1S/C14H9Cl2N3O/c15-11-7-17-19(14(20)13(11)16)8-10-6-5-9-3-1-2-4-12(9)18-10/h1-7H,8H2. The van der Waals surface area contributed by atoms with E-state index >= 15 is 0 Å². The SMILES string of the molecule is O=c1c(Cl)c(Cl)cnn1Cc1ccc2ccccc2n1. The molecule has 0 bridgehead atoms. The summed E-state index contributed by atoms with van der Waals surface area (Å²) in [7, 11) is 0. The second kappa shape index (κ2) is 5.23. The third kappa shape index (κ3) is 2.40. The summed E-state index contributed by atoms with van der Waals surface area (Å²) < 4.78 is 1.24. The number of hydrogen-bond donors (Lipinski definition) is 0. The van der Waals surface area contributed by atoms with Crippen LogP contribution in [0, 0.1) is 0 Å². The lowest BCUT2D eigenvalue weighted by Gasteiger charge is -2.06. The Morgan fingerprint density at radius 2 is 1.90 bits per heavy atom. The van der Waals surface area contributed by atoms with Crippen LogP contribution in [0.2, 0.25) is 10.0 Å². The normalized spacial score (nSPS) is 10.9. The van der Waals surface area contributed by atoms with Gasteiger partial charge in [-0.15, -0.1) is 0 Å². The molecule has 0 N–H and O–H groups in total. The molecule has 0 aliphatic heterocycles. The van der Waals surface area contributed by atoms with Crippen molar-refractivity contribution in [3.8, 4) is 0 Å². The van der Waals surface area contributed by atoms with E-state index < -0.39 is 5.56 Å². The molecular weight excluding hydrogens is 297 g/mol. The zero-order valence-corrected chi connectivity index (χ0v) is 11.8. The Morgan fingerprint density at radius 1 is 1.10 bits per heavy atom. The number of nitrogens with zero attached hydrogens (tertiary/aromatic N) is 3. The molecule has 0 radical (unpaired) electrons. The number of fused-ring (bicyclic) bond motifs is 1. The molecule has 0 saturated heterocycles. The fourth-order valence-corrected chi connectivity index (χ4v) is 2.18. The van der Waals surface area contributed by atoms with Gasteiger partial charge in [-0.2, -0.15) is 5.10 Å². The van der Waals surface area contributed by atoms with Crippen LogP contribution in [0.5, 0.6) is 0 Å². The molecule has 0 saturated carbocycles. The molecule has 0 aliphatic carbocycles. The van der Waals surface area contributed by atoms with Crippen LogP contribution in [0.25, 0.3) is 10.9 Å². The Labute approximate surface area is 124 Å². The van der Waals surface area contributed by atoms with Crippen LogP contribution >= 0.6 is 23.2 Å². The third-order valence-electron chi connectivity index (χ3n) is 2.91. The molecule has 3 rings (SSSR count). The van der Waals surface area contributed by atoms with Gasteiger partial charge in [-0.1, -0.05) is 47.5 Å². The summed E-state index contributed by atoms with van der Waals surface area (Å²) >= 11 is 11.6. The van der Waals surface area contributed by atoms with Gasteiger partial charge in [0.1, 0.15) is 5.02 Å². The van der Waals surface area contributed by atoms with Crippen LogP contribution in [0.15, 0.2) is 47.4 Å². The minimum atomic E-state index is -0.422. The lowest BCUT2D eigenvalue weighted by Crippen LogP contribution is -2.24. The van der Waals surface area contributed by atoms with Crippen LogP contribution in [-0.2, 0) is 6.54 Å². The molecule has 3 aromatic rings. The zero-order chi connectivity index (χ0) is 14.1. The summed E-state index contributed by atoms with van der Waals surface area (Å²) in [5.41, 5.74) is 1.18. The maximum atomic E-state index is 11.9. The largest absolute Gasteiger partial charge is 0.287 e. The summed E-state index contributed by atoms with van der Waals surface area (Å²) in [5, 5.41) is 5.14. The Morgan fingerprint density at radius 3 is 2.75 bits per heavy atom. The fourth-order valence-electron chi connectivity index (χ4n) is 1.91. The van der Waals surface area contributed by atoms with E-state index in [0.29, 0.717) is 0 Å². The molecular formula is C14H9Cl2N3O. The molecule has 2 heterocycles. The Balaban J connectivity index is 2.01. The predicted molar refractivity (Wildman–Crippen MR) is 79.4 cm³/mol. The van der Waals surface area contributed by atoms with Crippen molar-refractivity contribution in [1.29, 1.82) is 0 Å². The second-order valence-electron chi connectivity index (χ2n) is 4.26. The number of halogens is 2. The number of benzene rings is 1. The molecule has 100 valence electrons. The Bertz CT molecular complexity index is 845. The Kier molecular flexibility index (Phi) is 3.42. The molecule has 0 amide bonds. The summed E-state index contributed by atoms with van der Waals surface area (Å²) in [6, 6.07) is 11.6. The van der Waals surface area contributed by atoms with Gasteiger partial charge in [0, 0.05) is 5.39 Å². The minimum absolute atomic E-state index is 0.0255. The first-order chi connectivity index (χ1) is 9.65. The van der Waals surface area contributed by atoms with E-state index in [1.54, 1.807) is 0 Å². The van der Waals surface area contributed by atoms with Crippen LogP contribution in [-0.4, -0.2) is 14.8 Å². The molecule has 0 aliphatic rings. The predicted octanol–water partition coefficient (Wildman–Crippen LogP) is 3.15. The fraction of sp³-hybridized carbons (Fsp3) is 0.0714. The molecule has 2 aromatic heterocycles. The van der Waals surface area contributed by atoms with Crippen molar-refractivity contribution in [2.75, 3.05) is 0 Å². The van der Waals surface area contributed by atoms with E-state index in [1.807, 2.05) is 36.4 Å². The molecule has 20 heavy (non-hydrogen) atoms. The molecule has 0 unspecified atom stereocenters. The molecule has 0 atom stereocenters. The van der Waals surface area contributed by atoms with E-state index in [9.17, 15) is 4.79 Å². The van der Waals surface area contributed by atoms with Crippen molar-refractivity contribution in [2.24, 2.45) is 0 Å². The molecule has 6 heteroatoms. The maximum absolute atomic E-state index is 11.9. The van der Waals surface area contributed by atoms with Crippen LogP contribution in [0.1, 0.15) is 5.69 Å². The van der Waals surface area contributed by atoms with Gasteiger partial charge in [-0.25, -0.2) is 4.68 Å². The maximum Gasteiger partial charge on any atom is 0.287 e. The highest BCUT2D eigenvalue weighted by Crippen LogP contribution is 2.15. The molecule has 1 aromatic carbocycles. The number of rotatable bonds is 2. The first-order valence-corrected chi connectivity index (χ1v) is 6.66. The first kappa shape index (κ1) is 13.1. The van der Waals surface area contributed by atoms with Crippen molar-refractivity contribution in [3.63, 3.8) is 0 Å². The Hall–Kier alpha value is -1.91. The number of para-hydroxylation sites is 1. The van der Waals surface area contributed by atoms with Crippen molar-refractivity contribution in [2.45, 2.75) is 6.54 Å². The highest BCUT2D eigenvalue weighted by atomic mass is 35.5. The van der Waals surface area contributed by atoms with E-state index in [2.05, 4.69) is 10.1 Å². The quantitative estimate of drug-likeness (QED) is 0.731. The van der Waals surface area contributed by atoms with Gasteiger partial charge < -0.3 is 0 Å². The van der Waals surface area contributed by atoms with Crippen LogP contribution < -0.4 is 5.56 Å². The van der Waals surface area contributed by atoms with Crippen molar-refractivity contribution in [3.05, 3.63) is 68.7 Å². The highest BCUT2D eigenvalue weighted by Gasteiger charge is 2.08. The lowest BCUT2D eigenvalue weighted by atomic mass is 10.2. The van der Waals surface area contributed by atoms with E-state index in [4.69, 9.17) is 23.2 Å². The van der Waals surface area contributed by atoms with Gasteiger partial charge >= 0.3 is 0 Å². The topological polar surface area (TPSA) is 47.8 Å². The smallest absolute Gasteiger partial charge is 0.266 e. The number of hydrogen-bond acceptors (Lipinski definition) is 3. The van der Waals surface area contributed by atoms with Gasteiger partial charge in [0.05, 0.1) is 29.0 Å². The second-order valence-corrected chi connectivity index (χ2v) is 5.05. The van der Waals surface area contributed by atoms with Gasteiger partial charge in [-0.3, -0.25) is 9.78 Å².